The lowest BCUT2D eigenvalue weighted by molar-refractivity contribution is 0.0252. The van der Waals surface area contributed by atoms with Crippen LogP contribution in [0.5, 0.6) is 0 Å². The van der Waals surface area contributed by atoms with Gasteiger partial charge in [0.2, 0.25) is 0 Å². The first-order valence-corrected chi connectivity index (χ1v) is 5.03. The third kappa shape index (κ3) is 2.21. The van der Waals surface area contributed by atoms with Gasteiger partial charge < -0.3 is 10.2 Å². The molecule has 2 unspecified atom stereocenters. The van der Waals surface area contributed by atoms with Gasteiger partial charge in [-0.2, -0.15) is 5.10 Å². The van der Waals surface area contributed by atoms with E-state index in [1.165, 1.54) is 0 Å². The van der Waals surface area contributed by atoms with Crippen molar-refractivity contribution < 1.29 is 10.2 Å². The zero-order valence-electron chi connectivity index (χ0n) is 8.85. The zero-order chi connectivity index (χ0) is 12.3. The molecule has 1 heterocycles. The quantitative estimate of drug-likeness (QED) is 0.419. The lowest BCUT2D eigenvalue weighted by Gasteiger charge is -2.16. The van der Waals surface area contributed by atoms with Crippen LogP contribution < -0.4 is 0 Å². The number of nitrogens with zero attached hydrogens (tertiary/aromatic N) is 4. The average Bonchev–Trinajstić information content (AvgIpc) is 2.82. The number of aliphatic hydroxyl groups is 2. The molecular weight excluding hydrogens is 222 g/mol. The first-order chi connectivity index (χ1) is 8.24. The normalized spacial score (nSPS) is 14.2. The molecule has 3 N–H and O–H groups in total. The van der Waals surface area contributed by atoms with Gasteiger partial charge in [0, 0.05) is 15.9 Å². The van der Waals surface area contributed by atoms with Gasteiger partial charge in [-0.15, -0.1) is 0 Å². The highest BCUT2D eigenvalue weighted by Crippen LogP contribution is 2.24. The van der Waals surface area contributed by atoms with E-state index in [2.05, 4.69) is 20.2 Å². The van der Waals surface area contributed by atoms with E-state index in [9.17, 15) is 10.2 Å². The lowest BCUT2D eigenvalue weighted by atomic mass is 10.0. The molecule has 1 aromatic heterocycles. The van der Waals surface area contributed by atoms with E-state index in [0.29, 0.717) is 11.1 Å². The van der Waals surface area contributed by atoms with Gasteiger partial charge >= 0.3 is 0 Å². The molecule has 2 atom stereocenters. The summed E-state index contributed by atoms with van der Waals surface area (Å²) in [6.45, 7) is -0.178. The molecule has 0 spiro atoms. The van der Waals surface area contributed by atoms with E-state index in [1.807, 2.05) is 6.07 Å². The molecule has 0 aliphatic carbocycles. The molecule has 0 fully saturated rings. The van der Waals surface area contributed by atoms with Crippen molar-refractivity contribution in [2.75, 3.05) is 6.54 Å². The number of hydrogen-bond donors (Lipinski definition) is 3. The Balaban J connectivity index is 2.32. The van der Waals surface area contributed by atoms with Crippen LogP contribution in [0.15, 0.2) is 29.5 Å². The van der Waals surface area contributed by atoms with Crippen LogP contribution in [-0.4, -0.2) is 33.1 Å². The van der Waals surface area contributed by atoms with E-state index in [-0.39, 0.29) is 6.54 Å². The van der Waals surface area contributed by atoms with E-state index in [0.717, 1.165) is 5.39 Å². The predicted octanol–water partition coefficient (Wildman–Crippen LogP) is 1.27. The maximum atomic E-state index is 9.95. The largest absolute Gasteiger partial charge is 0.390 e. The second kappa shape index (κ2) is 4.84. The third-order valence-corrected chi connectivity index (χ3v) is 2.52. The number of aromatic amines is 1. The van der Waals surface area contributed by atoms with Crippen molar-refractivity contribution in [2.24, 2.45) is 5.11 Å². The Morgan fingerprint density at radius 2 is 2.29 bits per heavy atom. The Morgan fingerprint density at radius 1 is 1.47 bits per heavy atom. The van der Waals surface area contributed by atoms with Crippen LogP contribution in [0.2, 0.25) is 0 Å². The van der Waals surface area contributed by atoms with E-state index in [1.54, 1.807) is 18.3 Å². The first-order valence-electron chi connectivity index (χ1n) is 5.03. The van der Waals surface area contributed by atoms with Crippen molar-refractivity contribution >= 4 is 10.9 Å². The van der Waals surface area contributed by atoms with Crippen molar-refractivity contribution in [1.29, 1.82) is 0 Å². The predicted molar refractivity (Wildman–Crippen MR) is 61.1 cm³/mol. The summed E-state index contributed by atoms with van der Waals surface area (Å²) < 4.78 is 0. The Hall–Kier alpha value is -2.08. The molecule has 7 heteroatoms. The number of hydrogen-bond acceptors (Lipinski definition) is 4. The van der Waals surface area contributed by atoms with Gasteiger partial charge in [-0.25, -0.2) is 0 Å². The number of fused-ring (bicyclic) bond motifs is 1. The third-order valence-electron chi connectivity index (χ3n) is 2.52. The summed E-state index contributed by atoms with van der Waals surface area (Å²) in [5.74, 6) is 0. The van der Waals surface area contributed by atoms with E-state index >= 15 is 0 Å². The summed E-state index contributed by atoms with van der Waals surface area (Å²) in [5.41, 5.74) is 9.35. The number of benzene rings is 1. The fraction of sp³-hybridized carbons (Fsp3) is 0.300. The summed E-state index contributed by atoms with van der Waals surface area (Å²) >= 11 is 0. The molecule has 2 rings (SSSR count). The zero-order valence-corrected chi connectivity index (χ0v) is 8.85. The standard InChI is InChI=1S/C10H11N5O2/c11-15-13-5-8(16)10(17)7-3-1-2-6-4-12-14-9(6)7/h1-4,8,10,16-17H,5H2,(H,12,14). The van der Waals surface area contributed by atoms with Gasteiger partial charge in [0.05, 0.1) is 24.4 Å². The van der Waals surface area contributed by atoms with Crippen molar-refractivity contribution in [3.63, 3.8) is 0 Å². The number of aromatic nitrogens is 2. The number of nitrogens with one attached hydrogen (secondary N) is 1. The molecule has 0 saturated heterocycles. The molecule has 2 aromatic rings. The Bertz CT molecular complexity index is 561. The van der Waals surface area contributed by atoms with Crippen LogP contribution in [0, 0.1) is 0 Å². The summed E-state index contributed by atoms with van der Waals surface area (Å²) in [7, 11) is 0. The van der Waals surface area contributed by atoms with Crippen LogP contribution in [-0.2, 0) is 0 Å². The maximum absolute atomic E-state index is 9.95. The second-order valence-corrected chi connectivity index (χ2v) is 3.61. The Morgan fingerprint density at radius 3 is 3.06 bits per heavy atom. The summed E-state index contributed by atoms with van der Waals surface area (Å²) in [5, 5.41) is 30.3. The minimum absolute atomic E-state index is 0.178. The Labute approximate surface area is 96.3 Å². The van der Waals surface area contributed by atoms with E-state index < -0.39 is 12.2 Å². The van der Waals surface area contributed by atoms with Crippen LogP contribution in [0.3, 0.4) is 0 Å². The van der Waals surface area contributed by atoms with Gasteiger partial charge in [-0.1, -0.05) is 23.3 Å². The molecule has 0 bridgehead atoms. The lowest BCUT2D eigenvalue weighted by Crippen LogP contribution is -2.21. The highest BCUT2D eigenvalue weighted by Gasteiger charge is 2.20. The highest BCUT2D eigenvalue weighted by atomic mass is 16.3. The number of azide groups is 1. The van der Waals surface area contributed by atoms with Crippen molar-refractivity contribution in [2.45, 2.75) is 12.2 Å². The molecular formula is C10H11N5O2. The van der Waals surface area contributed by atoms with Crippen LogP contribution >= 0.6 is 0 Å². The average molecular weight is 233 g/mol. The molecule has 0 aliphatic rings. The molecule has 17 heavy (non-hydrogen) atoms. The van der Waals surface area contributed by atoms with Crippen LogP contribution in [0.4, 0.5) is 0 Å². The number of H-pyrrole nitrogens is 1. The molecule has 0 aliphatic heterocycles. The van der Waals surface area contributed by atoms with Gasteiger partial charge in [0.1, 0.15) is 6.10 Å². The SMILES string of the molecule is [N-]=[N+]=NCC(O)C(O)c1cccc2cn[nH]c12. The monoisotopic (exact) mass is 233 g/mol. The van der Waals surface area contributed by atoms with Gasteiger partial charge in [0.25, 0.3) is 0 Å². The smallest absolute Gasteiger partial charge is 0.107 e. The topological polar surface area (TPSA) is 118 Å². The van der Waals surface area contributed by atoms with Crippen molar-refractivity contribution in [3.8, 4) is 0 Å². The first kappa shape index (κ1) is 11.4. The fourth-order valence-electron chi connectivity index (χ4n) is 1.67. The summed E-state index contributed by atoms with van der Waals surface area (Å²) in [6, 6.07) is 5.29. The van der Waals surface area contributed by atoms with Gasteiger partial charge in [-0.3, -0.25) is 5.10 Å². The van der Waals surface area contributed by atoms with Gasteiger partial charge in [0.15, 0.2) is 0 Å². The van der Waals surface area contributed by atoms with E-state index in [4.69, 9.17) is 5.53 Å². The molecule has 7 nitrogen and oxygen atoms in total. The molecule has 0 amide bonds. The molecule has 0 saturated carbocycles. The molecule has 1 aromatic carbocycles. The molecule has 88 valence electrons. The minimum atomic E-state index is -1.14. The summed E-state index contributed by atoms with van der Waals surface area (Å²) in [6.07, 6.45) is -0.629. The number of para-hydroxylation sites is 1. The number of aliphatic hydroxyl groups excluding tert-OH is 2. The van der Waals surface area contributed by atoms with Gasteiger partial charge in [-0.05, 0) is 5.53 Å². The van der Waals surface area contributed by atoms with Crippen molar-refractivity contribution in [3.05, 3.63) is 40.4 Å². The van der Waals surface area contributed by atoms with Crippen LogP contribution in [0.25, 0.3) is 21.3 Å². The number of rotatable bonds is 4. The minimum Gasteiger partial charge on any atom is -0.390 e. The van der Waals surface area contributed by atoms with Crippen molar-refractivity contribution in [1.82, 2.24) is 10.2 Å². The highest BCUT2D eigenvalue weighted by molar-refractivity contribution is 5.81. The maximum Gasteiger partial charge on any atom is 0.107 e. The van der Waals surface area contributed by atoms with Crippen LogP contribution in [0.1, 0.15) is 11.7 Å². The Kier molecular flexibility index (Phi) is 3.24. The molecule has 0 radical (unpaired) electrons. The second-order valence-electron chi connectivity index (χ2n) is 3.61. The fourth-order valence-corrected chi connectivity index (χ4v) is 1.67. The summed E-state index contributed by atoms with van der Waals surface area (Å²) in [4.78, 5) is 2.54.